The second-order valence-corrected chi connectivity index (χ2v) is 9.97. The van der Waals surface area contributed by atoms with Crippen molar-refractivity contribution in [3.63, 3.8) is 0 Å². The third-order valence-electron chi connectivity index (χ3n) is 6.52. The first-order valence-electron chi connectivity index (χ1n) is 11.9. The molecule has 0 amide bonds. The van der Waals surface area contributed by atoms with Crippen LogP contribution in [0, 0.1) is 0 Å². The normalized spacial score (nSPS) is 14.2. The molecule has 186 valence electrons. The van der Waals surface area contributed by atoms with Gasteiger partial charge in [0.2, 0.25) is 5.75 Å². The first-order chi connectivity index (χ1) is 17.4. The summed E-state index contributed by atoms with van der Waals surface area (Å²) in [5.74, 6) is -1.16. The van der Waals surface area contributed by atoms with Gasteiger partial charge in [-0.15, -0.1) is 11.3 Å². The van der Waals surface area contributed by atoms with Crippen molar-refractivity contribution in [1.29, 1.82) is 0 Å². The van der Waals surface area contributed by atoms with Crippen LogP contribution in [-0.2, 0) is 0 Å². The summed E-state index contributed by atoms with van der Waals surface area (Å²) in [6.07, 6.45) is 3.76. The summed E-state index contributed by atoms with van der Waals surface area (Å²) < 4.78 is 6.54. The van der Waals surface area contributed by atoms with Gasteiger partial charge in [-0.05, 0) is 80.5 Å². The maximum atomic E-state index is 13.7. The minimum absolute atomic E-state index is 0.0538. The highest BCUT2D eigenvalue weighted by Gasteiger charge is 2.25. The molecule has 1 aromatic heterocycles. The Balaban J connectivity index is 1.44. The third kappa shape index (κ3) is 4.69. The van der Waals surface area contributed by atoms with E-state index < -0.39 is 17.2 Å². The summed E-state index contributed by atoms with van der Waals surface area (Å²) in [5, 5.41) is 40.9. The molecule has 5 rings (SSSR count). The van der Waals surface area contributed by atoms with Crippen LogP contribution in [0.25, 0.3) is 20.5 Å². The molecule has 0 saturated carbocycles. The fraction of sp³-hybridized carbons (Fsp3) is 0.250. The van der Waals surface area contributed by atoms with E-state index in [0.717, 1.165) is 19.6 Å². The predicted molar refractivity (Wildman–Crippen MR) is 140 cm³/mol. The van der Waals surface area contributed by atoms with Crippen molar-refractivity contribution in [2.45, 2.75) is 19.3 Å². The number of likely N-dealkylation sites (tertiary alicyclic amines) is 1. The van der Waals surface area contributed by atoms with Crippen LogP contribution in [0.5, 0.6) is 28.7 Å². The highest BCUT2D eigenvalue weighted by molar-refractivity contribution is 7.22. The van der Waals surface area contributed by atoms with Gasteiger partial charge in [-0.2, -0.15) is 0 Å². The average molecular weight is 506 g/mol. The lowest BCUT2D eigenvalue weighted by molar-refractivity contribution is 0.104. The van der Waals surface area contributed by atoms with Gasteiger partial charge in [0.05, 0.1) is 4.88 Å². The molecule has 1 fully saturated rings. The lowest BCUT2D eigenvalue weighted by Crippen LogP contribution is -2.33. The first kappa shape index (κ1) is 24.0. The summed E-state index contributed by atoms with van der Waals surface area (Å²) >= 11 is 1.21. The fourth-order valence-corrected chi connectivity index (χ4v) is 5.83. The van der Waals surface area contributed by atoms with Gasteiger partial charge in [0.25, 0.3) is 0 Å². The second-order valence-electron chi connectivity index (χ2n) is 8.92. The Bertz CT molecular complexity index is 1410. The van der Waals surface area contributed by atoms with Crippen molar-refractivity contribution in [3.8, 4) is 39.2 Å². The fourth-order valence-electron chi connectivity index (χ4n) is 4.58. The lowest BCUT2D eigenvalue weighted by Gasteiger charge is -2.26. The largest absolute Gasteiger partial charge is 0.508 e. The number of ketones is 1. The molecular weight excluding hydrogens is 478 g/mol. The van der Waals surface area contributed by atoms with Crippen molar-refractivity contribution < 1.29 is 30.0 Å². The number of piperidine rings is 1. The Labute approximate surface area is 212 Å². The molecule has 1 aliphatic rings. The van der Waals surface area contributed by atoms with Crippen LogP contribution in [0.4, 0.5) is 0 Å². The molecule has 8 heteroatoms. The van der Waals surface area contributed by atoms with Gasteiger partial charge in [-0.3, -0.25) is 9.69 Å². The van der Waals surface area contributed by atoms with Crippen LogP contribution in [0.2, 0.25) is 0 Å². The van der Waals surface area contributed by atoms with Gasteiger partial charge in [0.1, 0.15) is 18.1 Å². The third-order valence-corrected chi connectivity index (χ3v) is 7.70. The molecule has 7 nitrogen and oxygen atoms in total. The monoisotopic (exact) mass is 505 g/mol. The lowest BCUT2D eigenvalue weighted by atomic mass is 9.97. The quantitative estimate of drug-likeness (QED) is 0.194. The van der Waals surface area contributed by atoms with Crippen molar-refractivity contribution in [2.24, 2.45) is 0 Å². The van der Waals surface area contributed by atoms with E-state index in [1.54, 1.807) is 36.4 Å². The molecule has 0 unspecified atom stereocenters. The molecule has 4 aromatic rings. The number of hydrogen-bond donors (Lipinski definition) is 4. The maximum Gasteiger partial charge on any atom is 0.200 e. The molecule has 4 N–H and O–H groups in total. The molecule has 1 saturated heterocycles. The van der Waals surface area contributed by atoms with E-state index in [4.69, 9.17) is 4.74 Å². The summed E-state index contributed by atoms with van der Waals surface area (Å²) in [6, 6.07) is 14.4. The van der Waals surface area contributed by atoms with Crippen LogP contribution in [0.1, 0.15) is 35.2 Å². The van der Waals surface area contributed by atoms with Gasteiger partial charge in [0.15, 0.2) is 17.3 Å². The molecular formula is C28H27NO6S. The van der Waals surface area contributed by atoms with Crippen LogP contribution in [0.3, 0.4) is 0 Å². The number of phenolic OH excluding ortho intramolecular Hbond substituents is 4. The molecule has 0 spiro atoms. The number of rotatable bonds is 7. The minimum atomic E-state index is -0.655. The minimum Gasteiger partial charge on any atom is -0.508 e. The van der Waals surface area contributed by atoms with E-state index in [2.05, 4.69) is 4.90 Å². The number of fused-ring (bicyclic) bond motifs is 1. The Hall–Kier alpha value is -3.75. The van der Waals surface area contributed by atoms with Crippen molar-refractivity contribution >= 4 is 27.2 Å². The SMILES string of the molecule is O=C(c1ccc(OCCN2CCCCC2)cc1)c1c(-c2ccc(O)c(O)c2O)sc2cc(O)ccc12. The topological polar surface area (TPSA) is 110 Å². The number of carbonyl (C=O) groups is 1. The molecule has 36 heavy (non-hydrogen) atoms. The van der Waals surface area contributed by atoms with Gasteiger partial charge in [-0.1, -0.05) is 6.42 Å². The Morgan fingerprint density at radius 2 is 1.64 bits per heavy atom. The highest BCUT2D eigenvalue weighted by Crippen LogP contribution is 2.48. The van der Waals surface area contributed by atoms with Gasteiger partial charge >= 0.3 is 0 Å². The van der Waals surface area contributed by atoms with E-state index in [1.807, 2.05) is 0 Å². The summed E-state index contributed by atoms with van der Waals surface area (Å²) in [6.45, 7) is 3.68. The molecule has 2 heterocycles. The van der Waals surface area contributed by atoms with Crippen molar-refractivity contribution in [1.82, 2.24) is 4.90 Å². The Morgan fingerprint density at radius 1 is 0.889 bits per heavy atom. The number of benzene rings is 3. The van der Waals surface area contributed by atoms with E-state index in [1.165, 1.54) is 48.8 Å². The van der Waals surface area contributed by atoms with Crippen LogP contribution < -0.4 is 4.74 Å². The van der Waals surface area contributed by atoms with E-state index in [9.17, 15) is 25.2 Å². The zero-order valence-electron chi connectivity index (χ0n) is 19.6. The number of ether oxygens (including phenoxy) is 1. The molecule has 1 aliphatic heterocycles. The average Bonchev–Trinajstić information content (AvgIpc) is 3.26. The number of hydrogen-bond acceptors (Lipinski definition) is 8. The number of phenols is 4. The zero-order valence-corrected chi connectivity index (χ0v) is 20.4. The zero-order chi connectivity index (χ0) is 25.2. The smallest absolute Gasteiger partial charge is 0.200 e. The van der Waals surface area contributed by atoms with Gasteiger partial charge in [0, 0.05) is 33.3 Å². The molecule has 0 aliphatic carbocycles. The van der Waals surface area contributed by atoms with E-state index in [-0.39, 0.29) is 17.1 Å². The number of aromatic hydroxyl groups is 4. The van der Waals surface area contributed by atoms with E-state index >= 15 is 0 Å². The van der Waals surface area contributed by atoms with Crippen LogP contribution in [0.15, 0.2) is 54.6 Å². The molecule has 3 aromatic carbocycles. The van der Waals surface area contributed by atoms with Crippen molar-refractivity contribution in [2.75, 3.05) is 26.2 Å². The second kappa shape index (κ2) is 10.1. The summed E-state index contributed by atoms with van der Waals surface area (Å²) in [7, 11) is 0. The van der Waals surface area contributed by atoms with Gasteiger partial charge < -0.3 is 25.2 Å². The Morgan fingerprint density at radius 3 is 2.39 bits per heavy atom. The van der Waals surface area contributed by atoms with Crippen LogP contribution >= 0.6 is 11.3 Å². The number of thiophene rings is 1. The molecule has 0 atom stereocenters. The van der Waals surface area contributed by atoms with Crippen molar-refractivity contribution in [3.05, 3.63) is 65.7 Å². The predicted octanol–water partition coefficient (Wildman–Crippen LogP) is 5.49. The first-order valence-corrected chi connectivity index (χ1v) is 12.7. The standard InChI is InChI=1S/C28H27NO6S/c30-18-6-9-20-23(16-18)36-28(21-10-11-22(31)27(34)26(21)33)24(20)25(32)17-4-7-19(8-5-17)35-15-14-29-12-2-1-3-13-29/h4-11,16,30-31,33-34H,1-3,12-15H2. The highest BCUT2D eigenvalue weighted by atomic mass is 32.1. The number of carbonyl (C=O) groups excluding carboxylic acids is 1. The number of nitrogens with zero attached hydrogens (tertiary/aromatic N) is 1. The summed E-state index contributed by atoms with van der Waals surface area (Å²) in [4.78, 5) is 16.5. The van der Waals surface area contributed by atoms with E-state index in [0.29, 0.717) is 38.4 Å². The molecule has 0 radical (unpaired) electrons. The van der Waals surface area contributed by atoms with Gasteiger partial charge in [-0.25, -0.2) is 0 Å². The maximum absolute atomic E-state index is 13.7. The Kier molecular flexibility index (Phi) is 6.71. The van der Waals surface area contributed by atoms with Crippen LogP contribution in [-0.4, -0.2) is 57.4 Å². The molecule has 0 bridgehead atoms. The summed E-state index contributed by atoms with van der Waals surface area (Å²) in [5.41, 5.74) is 0.996.